The van der Waals surface area contributed by atoms with Gasteiger partial charge in [-0.2, -0.15) is 0 Å². The van der Waals surface area contributed by atoms with Crippen LogP contribution in [0.5, 0.6) is 11.5 Å². The quantitative estimate of drug-likeness (QED) is 0.865. The van der Waals surface area contributed by atoms with Gasteiger partial charge in [-0.05, 0) is 20.2 Å². The van der Waals surface area contributed by atoms with Gasteiger partial charge in [0.25, 0.3) is 5.91 Å². The average molecular weight is 307 g/mol. The lowest BCUT2D eigenvalue weighted by Gasteiger charge is -2.22. The maximum absolute atomic E-state index is 12.7. The van der Waals surface area contributed by atoms with Gasteiger partial charge in [0.2, 0.25) is 5.91 Å². The summed E-state index contributed by atoms with van der Waals surface area (Å²) in [7, 11) is 6.86. The maximum Gasteiger partial charge on any atom is 0.256 e. The van der Waals surface area contributed by atoms with E-state index in [1.807, 2.05) is 19.0 Å². The molecule has 1 N–H and O–H groups in total. The Balaban J connectivity index is 2.39. The highest BCUT2D eigenvalue weighted by molar-refractivity contribution is 6.09. The lowest BCUT2D eigenvalue weighted by molar-refractivity contribution is -0.116. The molecular weight excluding hydrogens is 286 g/mol. The number of nitrogens with one attached hydrogen (secondary N) is 1. The smallest absolute Gasteiger partial charge is 0.256 e. The van der Waals surface area contributed by atoms with Crippen LogP contribution in [0.15, 0.2) is 12.1 Å². The molecule has 0 aliphatic carbocycles. The summed E-state index contributed by atoms with van der Waals surface area (Å²) in [4.78, 5) is 28.2. The summed E-state index contributed by atoms with van der Waals surface area (Å²) in [5.74, 6) is 0.503. The number of amides is 2. The minimum Gasteiger partial charge on any atom is -0.493 e. The first kappa shape index (κ1) is 16.1. The van der Waals surface area contributed by atoms with E-state index in [0.29, 0.717) is 35.8 Å². The van der Waals surface area contributed by atoms with Crippen molar-refractivity contribution < 1.29 is 19.1 Å². The van der Waals surface area contributed by atoms with E-state index in [-0.39, 0.29) is 18.4 Å². The van der Waals surface area contributed by atoms with Crippen molar-refractivity contribution in [3.8, 4) is 11.5 Å². The van der Waals surface area contributed by atoms with Gasteiger partial charge in [0.1, 0.15) is 6.54 Å². The Morgan fingerprint density at radius 1 is 1.18 bits per heavy atom. The third-order valence-corrected chi connectivity index (χ3v) is 3.47. The van der Waals surface area contributed by atoms with E-state index in [1.165, 1.54) is 19.1 Å². The minimum atomic E-state index is -0.224. The van der Waals surface area contributed by atoms with Crippen LogP contribution in [0.3, 0.4) is 0 Å². The lowest BCUT2D eigenvalue weighted by Crippen LogP contribution is -2.39. The molecular formula is C15H21N3O4. The Bertz CT molecular complexity index is 586. The number of ether oxygens (including phenoxy) is 2. The molecule has 2 amide bonds. The van der Waals surface area contributed by atoms with E-state index >= 15 is 0 Å². The van der Waals surface area contributed by atoms with Crippen LogP contribution in [-0.2, 0) is 4.79 Å². The van der Waals surface area contributed by atoms with Crippen molar-refractivity contribution >= 4 is 17.5 Å². The number of methoxy groups -OCH3 is 2. The van der Waals surface area contributed by atoms with Crippen LogP contribution in [0, 0.1) is 0 Å². The van der Waals surface area contributed by atoms with Gasteiger partial charge >= 0.3 is 0 Å². The first-order chi connectivity index (χ1) is 10.5. The predicted molar refractivity (Wildman–Crippen MR) is 82.6 cm³/mol. The molecule has 0 fully saturated rings. The van der Waals surface area contributed by atoms with Gasteiger partial charge in [-0.1, -0.05) is 0 Å². The van der Waals surface area contributed by atoms with E-state index in [0.717, 1.165) is 0 Å². The van der Waals surface area contributed by atoms with Crippen molar-refractivity contribution in [3.05, 3.63) is 17.7 Å². The molecule has 0 unspecified atom stereocenters. The zero-order valence-corrected chi connectivity index (χ0v) is 13.3. The molecule has 1 aromatic rings. The highest BCUT2D eigenvalue weighted by Gasteiger charge is 2.27. The monoisotopic (exact) mass is 307 g/mol. The van der Waals surface area contributed by atoms with Gasteiger partial charge in [0, 0.05) is 19.2 Å². The predicted octanol–water partition coefficient (Wildman–Crippen LogP) is 0.660. The third kappa shape index (κ3) is 3.30. The van der Waals surface area contributed by atoms with Gasteiger partial charge in [0.05, 0.1) is 25.5 Å². The number of hydrogen-bond acceptors (Lipinski definition) is 5. The van der Waals surface area contributed by atoms with Crippen LogP contribution in [0.2, 0.25) is 0 Å². The highest BCUT2D eigenvalue weighted by atomic mass is 16.5. The molecule has 1 aliphatic rings. The number of carbonyl (C=O) groups excluding carboxylic acids is 2. The Hall–Kier alpha value is -2.28. The Kier molecular flexibility index (Phi) is 4.87. The zero-order chi connectivity index (χ0) is 16.3. The van der Waals surface area contributed by atoms with E-state index in [9.17, 15) is 9.59 Å². The summed E-state index contributed by atoms with van der Waals surface area (Å²) in [6, 6.07) is 3.21. The number of hydrogen-bond donors (Lipinski definition) is 1. The molecule has 1 aliphatic heterocycles. The van der Waals surface area contributed by atoms with Crippen molar-refractivity contribution in [2.45, 2.75) is 0 Å². The Labute approximate surface area is 129 Å². The van der Waals surface area contributed by atoms with Crippen LogP contribution in [0.1, 0.15) is 10.4 Å². The van der Waals surface area contributed by atoms with E-state index in [1.54, 1.807) is 12.1 Å². The van der Waals surface area contributed by atoms with Crippen molar-refractivity contribution in [2.75, 3.05) is 53.3 Å². The molecule has 0 atom stereocenters. The standard InChI is InChI=1S/C15H21N3O4/c1-17(2)5-6-18-9-14(19)16-11-8-13(22-4)12(21-3)7-10(11)15(18)20/h7-8H,5-6,9H2,1-4H3,(H,16,19). The fourth-order valence-electron chi connectivity index (χ4n) is 2.27. The molecule has 22 heavy (non-hydrogen) atoms. The first-order valence-electron chi connectivity index (χ1n) is 6.96. The second-order valence-corrected chi connectivity index (χ2v) is 5.33. The zero-order valence-electron chi connectivity index (χ0n) is 13.3. The first-order valence-corrected chi connectivity index (χ1v) is 6.96. The molecule has 7 nitrogen and oxygen atoms in total. The maximum atomic E-state index is 12.7. The van der Waals surface area contributed by atoms with Crippen molar-refractivity contribution in [2.24, 2.45) is 0 Å². The molecule has 1 heterocycles. The van der Waals surface area contributed by atoms with Gasteiger partial charge in [0.15, 0.2) is 11.5 Å². The van der Waals surface area contributed by atoms with Crippen LogP contribution in [-0.4, -0.2) is 69.6 Å². The number of anilines is 1. The number of likely N-dealkylation sites (N-methyl/N-ethyl adjacent to an activating group) is 1. The van der Waals surface area contributed by atoms with Crippen LogP contribution < -0.4 is 14.8 Å². The fourth-order valence-corrected chi connectivity index (χ4v) is 2.27. The molecule has 7 heteroatoms. The van der Waals surface area contributed by atoms with Crippen molar-refractivity contribution in [1.82, 2.24) is 9.80 Å². The SMILES string of the molecule is COc1cc2c(cc1OC)C(=O)N(CCN(C)C)CC(=O)N2. The Morgan fingerprint density at radius 3 is 2.41 bits per heavy atom. The molecule has 0 radical (unpaired) electrons. The summed E-state index contributed by atoms with van der Waals surface area (Å²) in [5.41, 5.74) is 0.849. The van der Waals surface area contributed by atoms with Gasteiger partial charge < -0.3 is 24.6 Å². The largest absolute Gasteiger partial charge is 0.493 e. The van der Waals surface area contributed by atoms with Crippen molar-refractivity contribution in [1.29, 1.82) is 0 Å². The summed E-state index contributed by atoms with van der Waals surface area (Å²) in [5, 5.41) is 2.75. The van der Waals surface area contributed by atoms with Crippen molar-refractivity contribution in [3.63, 3.8) is 0 Å². The molecule has 120 valence electrons. The number of fused-ring (bicyclic) bond motifs is 1. The summed E-state index contributed by atoms with van der Waals surface area (Å²) in [6.45, 7) is 1.20. The van der Waals surface area contributed by atoms with Crippen LogP contribution >= 0.6 is 0 Å². The number of benzene rings is 1. The summed E-state index contributed by atoms with van der Waals surface area (Å²) >= 11 is 0. The van der Waals surface area contributed by atoms with Gasteiger partial charge in [-0.3, -0.25) is 9.59 Å². The second-order valence-electron chi connectivity index (χ2n) is 5.33. The number of carbonyl (C=O) groups is 2. The molecule has 0 saturated carbocycles. The van der Waals surface area contributed by atoms with E-state index in [4.69, 9.17) is 9.47 Å². The van der Waals surface area contributed by atoms with Crippen LogP contribution in [0.25, 0.3) is 0 Å². The third-order valence-electron chi connectivity index (χ3n) is 3.47. The molecule has 0 spiro atoms. The summed E-state index contributed by atoms with van der Waals surface area (Å²) in [6.07, 6.45) is 0. The number of nitrogens with zero attached hydrogens (tertiary/aromatic N) is 2. The molecule has 1 aromatic carbocycles. The number of rotatable bonds is 5. The minimum absolute atomic E-state index is 0.0337. The topological polar surface area (TPSA) is 71.1 Å². The molecule has 0 aromatic heterocycles. The molecule has 0 saturated heterocycles. The highest BCUT2D eigenvalue weighted by Crippen LogP contribution is 2.34. The second kappa shape index (κ2) is 6.65. The molecule has 2 rings (SSSR count). The summed E-state index contributed by atoms with van der Waals surface area (Å²) < 4.78 is 10.4. The molecule has 0 bridgehead atoms. The fraction of sp³-hybridized carbons (Fsp3) is 0.467. The van der Waals surface area contributed by atoms with E-state index in [2.05, 4.69) is 5.32 Å². The van der Waals surface area contributed by atoms with Gasteiger partial charge in [-0.25, -0.2) is 0 Å². The van der Waals surface area contributed by atoms with Gasteiger partial charge in [-0.15, -0.1) is 0 Å². The normalized spacial score (nSPS) is 14.5. The average Bonchev–Trinajstić information content (AvgIpc) is 2.60. The van der Waals surface area contributed by atoms with Crippen LogP contribution in [0.4, 0.5) is 5.69 Å². The van der Waals surface area contributed by atoms with E-state index < -0.39 is 0 Å². The Morgan fingerprint density at radius 2 is 1.82 bits per heavy atom. The lowest BCUT2D eigenvalue weighted by atomic mass is 10.1.